The molecule has 0 aliphatic carbocycles. The van der Waals surface area contributed by atoms with Crippen LogP contribution in [-0.2, 0) is 17.4 Å². The van der Waals surface area contributed by atoms with Gasteiger partial charge in [0.05, 0.1) is 5.56 Å². The van der Waals surface area contributed by atoms with Crippen molar-refractivity contribution in [1.82, 2.24) is 9.88 Å². The molecule has 0 bridgehead atoms. The Morgan fingerprint density at radius 1 is 1.10 bits per heavy atom. The van der Waals surface area contributed by atoms with Crippen LogP contribution in [0.15, 0.2) is 41.0 Å². The van der Waals surface area contributed by atoms with Crippen LogP contribution in [-0.4, -0.2) is 42.0 Å². The Labute approximate surface area is 174 Å². The summed E-state index contributed by atoms with van der Waals surface area (Å²) in [5.41, 5.74) is -0.292. The maximum atomic E-state index is 13.9. The third-order valence-corrected chi connectivity index (χ3v) is 5.36. The summed E-state index contributed by atoms with van der Waals surface area (Å²) in [6.45, 7) is 2.09. The standard InChI is InChI=1S/C20H20BrF4N3O/c21-16-5-2-14(17(22)12-16)3-7-19(29)28-9-1-8-27(10-11-28)18-6-4-15(13-26-18)20(23,24)25/h2,4-6,12-13H,1,3,7-11H2. The molecule has 1 saturated heterocycles. The van der Waals surface area contributed by atoms with Crippen LogP contribution >= 0.6 is 15.9 Å². The first kappa shape index (κ1) is 21.5. The molecule has 156 valence electrons. The average molecular weight is 474 g/mol. The summed E-state index contributed by atoms with van der Waals surface area (Å²) in [6.07, 6.45) is -2.38. The number of hydrogen-bond acceptors (Lipinski definition) is 3. The molecule has 1 aromatic heterocycles. The van der Waals surface area contributed by atoms with E-state index in [1.54, 1.807) is 17.0 Å². The molecule has 2 aromatic rings. The largest absolute Gasteiger partial charge is 0.417 e. The van der Waals surface area contributed by atoms with Crippen molar-refractivity contribution >= 4 is 27.7 Å². The number of nitrogens with zero attached hydrogens (tertiary/aromatic N) is 3. The van der Waals surface area contributed by atoms with Crippen molar-refractivity contribution in [1.29, 1.82) is 0 Å². The molecule has 1 aliphatic heterocycles. The number of amides is 1. The number of carbonyl (C=O) groups is 1. The topological polar surface area (TPSA) is 36.4 Å². The number of anilines is 1. The van der Waals surface area contributed by atoms with Crippen LogP contribution in [0.25, 0.3) is 0 Å². The highest BCUT2D eigenvalue weighted by Gasteiger charge is 2.31. The van der Waals surface area contributed by atoms with Crippen molar-refractivity contribution in [3.05, 3.63) is 57.9 Å². The Balaban J connectivity index is 1.55. The third-order valence-electron chi connectivity index (χ3n) is 4.87. The van der Waals surface area contributed by atoms with Crippen LogP contribution < -0.4 is 4.90 Å². The number of pyridine rings is 1. The van der Waals surface area contributed by atoms with Crippen molar-refractivity contribution in [2.45, 2.75) is 25.4 Å². The van der Waals surface area contributed by atoms with E-state index in [0.717, 1.165) is 12.3 Å². The highest BCUT2D eigenvalue weighted by atomic mass is 79.9. The van der Waals surface area contributed by atoms with Crippen molar-refractivity contribution in [2.75, 3.05) is 31.1 Å². The van der Waals surface area contributed by atoms with Crippen molar-refractivity contribution in [3.8, 4) is 0 Å². The van der Waals surface area contributed by atoms with E-state index in [4.69, 9.17) is 0 Å². The SMILES string of the molecule is O=C(CCc1ccc(Br)cc1F)N1CCCN(c2ccc(C(F)(F)F)cn2)CC1. The zero-order valence-corrected chi connectivity index (χ0v) is 17.1. The number of hydrogen-bond donors (Lipinski definition) is 0. The van der Waals surface area contributed by atoms with E-state index in [0.29, 0.717) is 54.9 Å². The monoisotopic (exact) mass is 473 g/mol. The van der Waals surface area contributed by atoms with Gasteiger partial charge in [-0.2, -0.15) is 13.2 Å². The van der Waals surface area contributed by atoms with Crippen LogP contribution in [0.1, 0.15) is 24.0 Å². The van der Waals surface area contributed by atoms with Gasteiger partial charge in [-0.15, -0.1) is 0 Å². The van der Waals surface area contributed by atoms with Crippen LogP contribution in [0.4, 0.5) is 23.4 Å². The first-order chi connectivity index (χ1) is 13.7. The second-order valence-corrected chi connectivity index (χ2v) is 7.78. The van der Waals surface area contributed by atoms with Crippen LogP contribution in [0.2, 0.25) is 0 Å². The molecule has 29 heavy (non-hydrogen) atoms. The van der Waals surface area contributed by atoms with E-state index in [2.05, 4.69) is 20.9 Å². The van der Waals surface area contributed by atoms with Crippen molar-refractivity contribution < 1.29 is 22.4 Å². The fraction of sp³-hybridized carbons (Fsp3) is 0.400. The minimum absolute atomic E-state index is 0.0606. The van der Waals surface area contributed by atoms with E-state index in [9.17, 15) is 22.4 Å². The number of halogens is 5. The lowest BCUT2D eigenvalue weighted by molar-refractivity contribution is -0.137. The van der Waals surface area contributed by atoms with Crippen molar-refractivity contribution in [2.24, 2.45) is 0 Å². The van der Waals surface area contributed by atoms with E-state index in [1.165, 1.54) is 12.1 Å². The molecular weight excluding hydrogens is 454 g/mol. The molecule has 1 amide bonds. The summed E-state index contributed by atoms with van der Waals surface area (Å²) in [6, 6.07) is 7.15. The first-order valence-corrected chi connectivity index (χ1v) is 10.0. The van der Waals surface area contributed by atoms with Crippen molar-refractivity contribution in [3.63, 3.8) is 0 Å². The molecule has 9 heteroatoms. The van der Waals surface area contributed by atoms with Gasteiger partial charge >= 0.3 is 6.18 Å². The lowest BCUT2D eigenvalue weighted by Gasteiger charge is -2.23. The van der Waals surface area contributed by atoms with Gasteiger partial charge in [0.2, 0.25) is 5.91 Å². The van der Waals surface area contributed by atoms with Gasteiger partial charge in [-0.25, -0.2) is 9.37 Å². The number of aryl methyl sites for hydroxylation is 1. The molecule has 0 spiro atoms. The van der Waals surface area contributed by atoms with Gasteiger partial charge in [0.1, 0.15) is 11.6 Å². The highest BCUT2D eigenvalue weighted by molar-refractivity contribution is 9.10. The lowest BCUT2D eigenvalue weighted by Crippen LogP contribution is -2.35. The Morgan fingerprint density at radius 2 is 1.90 bits per heavy atom. The Morgan fingerprint density at radius 3 is 2.55 bits per heavy atom. The van der Waals surface area contributed by atoms with Gasteiger partial charge in [-0.3, -0.25) is 4.79 Å². The normalized spacial score (nSPS) is 15.3. The Kier molecular flexibility index (Phi) is 6.77. The Bertz CT molecular complexity index is 858. The summed E-state index contributed by atoms with van der Waals surface area (Å²) >= 11 is 3.21. The fourth-order valence-corrected chi connectivity index (χ4v) is 3.59. The molecule has 0 radical (unpaired) electrons. The third kappa shape index (κ3) is 5.68. The number of aromatic nitrogens is 1. The molecule has 3 rings (SSSR count). The van der Waals surface area contributed by atoms with Gasteiger partial charge in [0.15, 0.2) is 0 Å². The zero-order valence-electron chi connectivity index (χ0n) is 15.6. The lowest BCUT2D eigenvalue weighted by atomic mass is 10.1. The summed E-state index contributed by atoms with van der Waals surface area (Å²) in [4.78, 5) is 20.1. The minimum Gasteiger partial charge on any atom is -0.355 e. The maximum absolute atomic E-state index is 13.9. The van der Waals surface area contributed by atoms with Gasteiger partial charge in [0.25, 0.3) is 0 Å². The summed E-state index contributed by atoms with van der Waals surface area (Å²) in [5.74, 6) is 0.0568. The predicted molar refractivity (Wildman–Crippen MR) is 105 cm³/mol. The van der Waals surface area contributed by atoms with Crippen LogP contribution in [0.3, 0.4) is 0 Å². The summed E-state index contributed by atoms with van der Waals surface area (Å²) in [5, 5.41) is 0. The van der Waals surface area contributed by atoms with Gasteiger partial charge in [-0.1, -0.05) is 22.0 Å². The quantitative estimate of drug-likeness (QED) is 0.605. The molecule has 1 aliphatic rings. The average Bonchev–Trinajstić information content (AvgIpc) is 2.93. The molecule has 0 N–H and O–H groups in total. The number of alkyl halides is 3. The molecule has 4 nitrogen and oxygen atoms in total. The molecule has 0 saturated carbocycles. The molecular formula is C20H20BrF4N3O. The summed E-state index contributed by atoms with van der Waals surface area (Å²) < 4.78 is 52.6. The predicted octanol–water partition coefficient (Wildman–Crippen LogP) is 4.67. The number of rotatable bonds is 4. The van der Waals surface area contributed by atoms with Gasteiger partial charge in [0, 0.05) is 43.3 Å². The van der Waals surface area contributed by atoms with Crippen LogP contribution in [0, 0.1) is 5.82 Å². The highest BCUT2D eigenvalue weighted by Crippen LogP contribution is 2.29. The maximum Gasteiger partial charge on any atom is 0.417 e. The molecule has 0 unspecified atom stereocenters. The van der Waals surface area contributed by atoms with E-state index in [1.807, 2.05) is 4.90 Å². The molecule has 2 heterocycles. The van der Waals surface area contributed by atoms with E-state index < -0.39 is 11.7 Å². The molecule has 1 fully saturated rings. The fourth-order valence-electron chi connectivity index (χ4n) is 3.26. The summed E-state index contributed by atoms with van der Waals surface area (Å²) in [7, 11) is 0. The molecule has 1 aromatic carbocycles. The number of carbonyl (C=O) groups excluding carboxylic acids is 1. The Hall–Kier alpha value is -2.16. The van der Waals surface area contributed by atoms with Gasteiger partial charge in [-0.05, 0) is 42.7 Å². The second kappa shape index (κ2) is 9.11. The van der Waals surface area contributed by atoms with Crippen LogP contribution in [0.5, 0.6) is 0 Å². The van der Waals surface area contributed by atoms with E-state index >= 15 is 0 Å². The number of benzene rings is 1. The molecule has 0 atom stereocenters. The minimum atomic E-state index is -4.41. The smallest absolute Gasteiger partial charge is 0.355 e. The first-order valence-electron chi connectivity index (χ1n) is 9.24. The zero-order chi connectivity index (χ0) is 21.0. The van der Waals surface area contributed by atoms with E-state index in [-0.39, 0.29) is 18.1 Å². The second-order valence-electron chi connectivity index (χ2n) is 6.86. The van der Waals surface area contributed by atoms with Gasteiger partial charge < -0.3 is 9.80 Å².